The van der Waals surface area contributed by atoms with Gasteiger partial charge in [-0.1, -0.05) is 0 Å². The standard InChI is InChI=1S/C22H25F2N7O3/c1-14-9-26-22(29-21(14)25-11-17-18(23)7-16(33-2)8-19(17)24)28-15-10-27-31(12-15)13-20(32)30-3-5-34-6-4-30/h7-10,12H,3-6,11,13H2,1-2H3,(H2,25,26,28,29). The SMILES string of the molecule is COc1cc(F)c(CNc2nc(Nc3cnn(CC(=O)N4CCOCC4)c3)ncc2C)c(F)c1. The second-order valence-corrected chi connectivity index (χ2v) is 7.69. The van der Waals surface area contributed by atoms with Crippen molar-refractivity contribution in [2.75, 3.05) is 44.0 Å². The molecule has 1 saturated heterocycles. The van der Waals surface area contributed by atoms with E-state index >= 15 is 0 Å². The minimum absolute atomic E-state index is 0.0333. The van der Waals surface area contributed by atoms with Crippen LogP contribution in [0, 0.1) is 18.6 Å². The van der Waals surface area contributed by atoms with Crippen molar-refractivity contribution >= 4 is 23.4 Å². The molecular weight excluding hydrogens is 448 g/mol. The van der Waals surface area contributed by atoms with Crippen LogP contribution < -0.4 is 15.4 Å². The number of hydrogen-bond acceptors (Lipinski definition) is 8. The van der Waals surface area contributed by atoms with Crippen molar-refractivity contribution in [3.05, 3.63) is 53.5 Å². The van der Waals surface area contributed by atoms with Crippen LogP contribution in [0.15, 0.2) is 30.7 Å². The highest BCUT2D eigenvalue weighted by molar-refractivity contribution is 5.76. The van der Waals surface area contributed by atoms with Gasteiger partial charge in [0.2, 0.25) is 11.9 Å². The summed E-state index contributed by atoms with van der Waals surface area (Å²) in [6.45, 7) is 4.00. The second kappa shape index (κ2) is 10.4. The third kappa shape index (κ3) is 5.57. The molecule has 1 aromatic carbocycles. The summed E-state index contributed by atoms with van der Waals surface area (Å²) >= 11 is 0. The van der Waals surface area contributed by atoms with Crippen LogP contribution in [-0.2, 0) is 22.6 Å². The number of ether oxygens (including phenoxy) is 2. The maximum absolute atomic E-state index is 14.2. The Labute approximate surface area is 194 Å². The Morgan fingerprint density at radius 3 is 2.65 bits per heavy atom. The number of hydrogen-bond donors (Lipinski definition) is 2. The summed E-state index contributed by atoms with van der Waals surface area (Å²) in [5.74, 6) is -0.670. The highest BCUT2D eigenvalue weighted by Crippen LogP contribution is 2.22. The minimum atomic E-state index is -0.714. The molecule has 0 aliphatic carbocycles. The van der Waals surface area contributed by atoms with Gasteiger partial charge in [-0.15, -0.1) is 0 Å². The van der Waals surface area contributed by atoms with Gasteiger partial charge in [-0.05, 0) is 6.92 Å². The number of aromatic nitrogens is 4. The zero-order valence-corrected chi connectivity index (χ0v) is 18.8. The van der Waals surface area contributed by atoms with Crippen LogP contribution in [0.4, 0.5) is 26.2 Å². The Hall–Kier alpha value is -3.80. The highest BCUT2D eigenvalue weighted by atomic mass is 19.1. The first-order valence-electron chi connectivity index (χ1n) is 10.7. The van der Waals surface area contributed by atoms with Gasteiger partial charge in [-0.25, -0.2) is 13.8 Å². The maximum atomic E-state index is 14.2. The van der Waals surface area contributed by atoms with E-state index in [2.05, 4.69) is 25.7 Å². The minimum Gasteiger partial charge on any atom is -0.497 e. The Balaban J connectivity index is 1.39. The summed E-state index contributed by atoms with van der Waals surface area (Å²) in [6, 6.07) is 2.25. The lowest BCUT2D eigenvalue weighted by atomic mass is 10.2. The number of aryl methyl sites for hydroxylation is 1. The number of halogens is 2. The molecule has 0 radical (unpaired) electrons. The molecule has 4 rings (SSSR count). The van der Waals surface area contributed by atoms with Gasteiger partial charge in [0, 0.05) is 55.3 Å². The number of morpholine rings is 1. The van der Waals surface area contributed by atoms with Gasteiger partial charge in [0.15, 0.2) is 0 Å². The molecule has 2 aromatic heterocycles. The number of nitrogens with zero attached hydrogens (tertiary/aromatic N) is 5. The molecule has 10 nitrogen and oxygen atoms in total. The zero-order valence-electron chi connectivity index (χ0n) is 18.8. The fourth-order valence-corrected chi connectivity index (χ4v) is 3.41. The molecule has 0 spiro atoms. The average molecular weight is 473 g/mol. The van der Waals surface area contributed by atoms with Crippen molar-refractivity contribution in [2.24, 2.45) is 0 Å². The smallest absolute Gasteiger partial charge is 0.244 e. The van der Waals surface area contributed by atoms with Crippen LogP contribution in [0.3, 0.4) is 0 Å². The number of rotatable bonds is 8. The summed E-state index contributed by atoms with van der Waals surface area (Å²) in [6.07, 6.45) is 4.83. The van der Waals surface area contributed by atoms with E-state index in [9.17, 15) is 13.6 Å². The predicted octanol–water partition coefficient (Wildman–Crippen LogP) is 2.48. The number of nitrogens with one attached hydrogen (secondary N) is 2. The van der Waals surface area contributed by atoms with E-state index in [-0.39, 0.29) is 36.3 Å². The maximum Gasteiger partial charge on any atom is 0.244 e. The van der Waals surface area contributed by atoms with E-state index in [4.69, 9.17) is 9.47 Å². The molecule has 3 heterocycles. The van der Waals surface area contributed by atoms with Gasteiger partial charge in [-0.2, -0.15) is 10.1 Å². The molecule has 3 aromatic rings. The molecule has 0 saturated carbocycles. The first kappa shape index (κ1) is 23.4. The van der Waals surface area contributed by atoms with Gasteiger partial charge in [-0.3, -0.25) is 9.48 Å². The number of amides is 1. The van der Waals surface area contributed by atoms with E-state index in [0.29, 0.717) is 43.4 Å². The van der Waals surface area contributed by atoms with Gasteiger partial charge in [0.05, 0.1) is 32.2 Å². The second-order valence-electron chi connectivity index (χ2n) is 7.69. The van der Waals surface area contributed by atoms with Crippen LogP contribution in [0.2, 0.25) is 0 Å². The molecule has 0 bridgehead atoms. The number of methoxy groups -OCH3 is 1. The first-order chi connectivity index (χ1) is 16.4. The first-order valence-corrected chi connectivity index (χ1v) is 10.7. The molecule has 0 atom stereocenters. The Morgan fingerprint density at radius 2 is 1.94 bits per heavy atom. The zero-order chi connectivity index (χ0) is 24.1. The highest BCUT2D eigenvalue weighted by Gasteiger charge is 2.18. The fraction of sp³-hybridized carbons (Fsp3) is 0.364. The lowest BCUT2D eigenvalue weighted by Gasteiger charge is -2.26. The summed E-state index contributed by atoms with van der Waals surface area (Å²) in [5.41, 5.74) is 1.17. The van der Waals surface area contributed by atoms with Crippen LogP contribution in [0.5, 0.6) is 5.75 Å². The normalized spacial score (nSPS) is 13.6. The van der Waals surface area contributed by atoms with Gasteiger partial charge in [0.25, 0.3) is 0 Å². The summed E-state index contributed by atoms with van der Waals surface area (Å²) in [4.78, 5) is 22.8. The fourth-order valence-electron chi connectivity index (χ4n) is 3.41. The molecule has 1 amide bonds. The van der Waals surface area contributed by atoms with Gasteiger partial charge >= 0.3 is 0 Å². The number of carbonyl (C=O) groups excluding carboxylic acids is 1. The monoisotopic (exact) mass is 473 g/mol. The van der Waals surface area contributed by atoms with E-state index in [1.165, 1.54) is 11.8 Å². The predicted molar refractivity (Wildman–Crippen MR) is 120 cm³/mol. The van der Waals surface area contributed by atoms with Crippen molar-refractivity contribution in [1.82, 2.24) is 24.6 Å². The van der Waals surface area contributed by atoms with Crippen molar-refractivity contribution in [3.8, 4) is 5.75 Å². The van der Waals surface area contributed by atoms with Crippen LogP contribution in [-0.4, -0.2) is 64.0 Å². The summed E-state index contributed by atoms with van der Waals surface area (Å²) in [7, 11) is 1.34. The van der Waals surface area contributed by atoms with Crippen molar-refractivity contribution < 1.29 is 23.0 Å². The van der Waals surface area contributed by atoms with Crippen LogP contribution >= 0.6 is 0 Å². The van der Waals surface area contributed by atoms with E-state index in [1.54, 1.807) is 30.4 Å². The molecule has 2 N–H and O–H groups in total. The van der Waals surface area contributed by atoms with Crippen molar-refractivity contribution in [3.63, 3.8) is 0 Å². The van der Waals surface area contributed by atoms with Gasteiger partial charge < -0.3 is 25.0 Å². The largest absolute Gasteiger partial charge is 0.497 e. The molecular formula is C22H25F2N7O3. The number of benzene rings is 1. The molecule has 1 aliphatic heterocycles. The summed E-state index contributed by atoms with van der Waals surface area (Å²) < 4.78 is 40.1. The van der Waals surface area contributed by atoms with Crippen molar-refractivity contribution in [2.45, 2.75) is 20.0 Å². The third-order valence-electron chi connectivity index (χ3n) is 5.31. The lowest BCUT2D eigenvalue weighted by molar-refractivity contribution is -0.136. The van der Waals surface area contributed by atoms with Crippen LogP contribution in [0.1, 0.15) is 11.1 Å². The Kier molecular flexibility index (Phi) is 7.16. The van der Waals surface area contributed by atoms with E-state index < -0.39 is 11.6 Å². The Morgan fingerprint density at radius 1 is 1.21 bits per heavy atom. The summed E-state index contributed by atoms with van der Waals surface area (Å²) in [5, 5.41) is 10.2. The molecule has 1 fully saturated rings. The molecule has 180 valence electrons. The third-order valence-corrected chi connectivity index (χ3v) is 5.31. The Bertz CT molecular complexity index is 1140. The quantitative estimate of drug-likeness (QED) is 0.514. The van der Waals surface area contributed by atoms with Gasteiger partial charge in [0.1, 0.15) is 29.7 Å². The van der Waals surface area contributed by atoms with Crippen molar-refractivity contribution in [1.29, 1.82) is 0 Å². The van der Waals surface area contributed by atoms with Crippen LogP contribution in [0.25, 0.3) is 0 Å². The lowest BCUT2D eigenvalue weighted by Crippen LogP contribution is -2.42. The molecule has 0 unspecified atom stereocenters. The molecule has 34 heavy (non-hydrogen) atoms. The number of carbonyl (C=O) groups is 1. The average Bonchev–Trinajstić information content (AvgIpc) is 3.27. The van der Waals surface area contributed by atoms with E-state index in [0.717, 1.165) is 12.1 Å². The topological polar surface area (TPSA) is 106 Å². The number of anilines is 3. The molecule has 1 aliphatic rings. The van der Waals surface area contributed by atoms with E-state index in [1.807, 2.05) is 0 Å². The molecule has 12 heteroatoms.